The van der Waals surface area contributed by atoms with E-state index in [2.05, 4.69) is 36.0 Å². The number of primary amides is 1. The summed E-state index contributed by atoms with van der Waals surface area (Å²) in [5.74, 6) is 0.706. The van der Waals surface area contributed by atoms with Gasteiger partial charge in [-0.15, -0.1) is 0 Å². The second-order valence-corrected chi connectivity index (χ2v) is 6.34. The van der Waals surface area contributed by atoms with E-state index in [9.17, 15) is 4.79 Å². The minimum Gasteiger partial charge on any atom is -0.369 e. The number of nitrogens with one attached hydrogen (secondary N) is 1. The summed E-state index contributed by atoms with van der Waals surface area (Å²) in [6.07, 6.45) is 1.89. The molecule has 0 aromatic rings. The van der Waals surface area contributed by atoms with Gasteiger partial charge in [-0.05, 0) is 19.8 Å². The quantitative estimate of drug-likeness (QED) is 0.716. The molecule has 1 amide bonds. The Balaban J connectivity index is 2.07. The smallest absolute Gasteiger partial charge is 0.222 e. The van der Waals surface area contributed by atoms with Gasteiger partial charge in [-0.1, -0.05) is 13.8 Å². The third-order valence-electron chi connectivity index (χ3n) is 3.94. The number of nitrogens with two attached hydrogens (primary N) is 1. The van der Waals surface area contributed by atoms with Gasteiger partial charge in [0.1, 0.15) is 0 Å². The van der Waals surface area contributed by atoms with Gasteiger partial charge in [-0.25, -0.2) is 0 Å². The van der Waals surface area contributed by atoms with Gasteiger partial charge in [0, 0.05) is 31.1 Å². The largest absolute Gasteiger partial charge is 0.369 e. The summed E-state index contributed by atoms with van der Waals surface area (Å²) in [5.41, 5.74) is 5.64. The zero-order valence-corrected chi connectivity index (χ0v) is 11.6. The first-order chi connectivity index (χ1) is 8.39. The number of carbonyl (C=O) groups is 1. The predicted molar refractivity (Wildman–Crippen MR) is 72.2 cm³/mol. The van der Waals surface area contributed by atoms with Crippen LogP contribution in [0.4, 0.5) is 0 Å². The number of aliphatic imine (C=N–C) groups is 1. The number of guanidine groups is 1. The molecule has 1 saturated heterocycles. The van der Waals surface area contributed by atoms with Crippen LogP contribution in [-0.2, 0) is 4.79 Å². The molecule has 2 rings (SSSR count). The number of piperidine rings is 1. The van der Waals surface area contributed by atoms with E-state index < -0.39 is 0 Å². The van der Waals surface area contributed by atoms with Gasteiger partial charge in [0.15, 0.2) is 5.96 Å². The van der Waals surface area contributed by atoms with Crippen molar-refractivity contribution in [3.63, 3.8) is 0 Å². The number of carbonyl (C=O) groups excluding carboxylic acids is 1. The van der Waals surface area contributed by atoms with E-state index >= 15 is 0 Å². The third-order valence-corrected chi connectivity index (χ3v) is 3.94. The Bertz CT molecular complexity index is 364. The van der Waals surface area contributed by atoms with Gasteiger partial charge >= 0.3 is 0 Å². The SMILES string of the molecule is CC1CCC(C(N)=O)CN1C1=NCC(C)(C)CN1. The molecule has 2 aliphatic heterocycles. The molecule has 0 spiro atoms. The zero-order valence-electron chi connectivity index (χ0n) is 11.6. The van der Waals surface area contributed by atoms with Crippen molar-refractivity contribution in [2.75, 3.05) is 19.6 Å². The van der Waals surface area contributed by atoms with Crippen LogP contribution in [0.15, 0.2) is 4.99 Å². The first-order valence-electron chi connectivity index (χ1n) is 6.73. The summed E-state index contributed by atoms with van der Waals surface area (Å²) in [6.45, 7) is 9.04. The number of amides is 1. The molecule has 0 radical (unpaired) electrons. The Hall–Kier alpha value is -1.26. The average molecular weight is 252 g/mol. The van der Waals surface area contributed by atoms with Crippen LogP contribution >= 0.6 is 0 Å². The van der Waals surface area contributed by atoms with Crippen molar-refractivity contribution < 1.29 is 4.79 Å². The third kappa shape index (κ3) is 2.76. The molecule has 2 heterocycles. The Kier molecular flexibility index (Phi) is 3.50. The maximum Gasteiger partial charge on any atom is 0.222 e. The fourth-order valence-corrected chi connectivity index (χ4v) is 2.55. The average Bonchev–Trinajstić information content (AvgIpc) is 2.30. The minimum absolute atomic E-state index is 0.0411. The molecule has 0 aliphatic carbocycles. The number of hydrogen-bond acceptors (Lipinski definition) is 4. The molecule has 0 bridgehead atoms. The highest BCUT2D eigenvalue weighted by atomic mass is 16.1. The lowest BCUT2D eigenvalue weighted by molar-refractivity contribution is -0.123. The van der Waals surface area contributed by atoms with Crippen molar-refractivity contribution in [2.45, 2.75) is 39.7 Å². The molecular formula is C13H24N4O. The summed E-state index contributed by atoms with van der Waals surface area (Å²) >= 11 is 0. The summed E-state index contributed by atoms with van der Waals surface area (Å²) in [6, 6.07) is 0.424. The number of nitrogens with zero attached hydrogens (tertiary/aromatic N) is 2. The van der Waals surface area contributed by atoms with Crippen molar-refractivity contribution in [1.29, 1.82) is 0 Å². The van der Waals surface area contributed by atoms with Crippen LogP contribution in [0.5, 0.6) is 0 Å². The molecular weight excluding hydrogens is 228 g/mol. The zero-order chi connectivity index (χ0) is 13.3. The highest BCUT2D eigenvalue weighted by Crippen LogP contribution is 2.24. The van der Waals surface area contributed by atoms with E-state index in [1.807, 2.05) is 0 Å². The van der Waals surface area contributed by atoms with Crippen molar-refractivity contribution in [1.82, 2.24) is 10.2 Å². The van der Waals surface area contributed by atoms with Gasteiger partial charge in [-0.2, -0.15) is 0 Å². The number of hydrogen-bond donors (Lipinski definition) is 2. The van der Waals surface area contributed by atoms with Crippen LogP contribution in [-0.4, -0.2) is 42.4 Å². The van der Waals surface area contributed by atoms with Crippen LogP contribution in [0, 0.1) is 11.3 Å². The van der Waals surface area contributed by atoms with Gasteiger partial charge in [0.05, 0.1) is 5.92 Å². The molecule has 2 unspecified atom stereocenters. The normalized spacial score (nSPS) is 31.5. The van der Waals surface area contributed by atoms with E-state index in [0.717, 1.165) is 31.9 Å². The van der Waals surface area contributed by atoms with Gasteiger partial charge in [-0.3, -0.25) is 9.79 Å². The van der Waals surface area contributed by atoms with Crippen LogP contribution in [0.2, 0.25) is 0 Å². The minimum atomic E-state index is -0.191. The topological polar surface area (TPSA) is 70.7 Å². The van der Waals surface area contributed by atoms with Gasteiger partial charge in [0.25, 0.3) is 0 Å². The predicted octanol–water partition coefficient (Wildman–Crippen LogP) is 0.558. The van der Waals surface area contributed by atoms with Crippen LogP contribution in [0.1, 0.15) is 33.6 Å². The second-order valence-electron chi connectivity index (χ2n) is 6.34. The molecule has 18 heavy (non-hydrogen) atoms. The van der Waals surface area contributed by atoms with Crippen molar-refractivity contribution in [2.24, 2.45) is 22.1 Å². The first-order valence-corrected chi connectivity index (χ1v) is 6.73. The standard InChI is InChI=1S/C13H24N4O/c1-9-4-5-10(11(14)18)6-17(9)12-15-7-13(2,3)8-16-12/h9-10H,4-8H2,1-3H3,(H2,14,18)(H,15,16). The fraction of sp³-hybridized carbons (Fsp3) is 0.846. The summed E-state index contributed by atoms with van der Waals surface area (Å²) in [4.78, 5) is 18.2. The molecule has 5 nitrogen and oxygen atoms in total. The maximum atomic E-state index is 11.3. The van der Waals surface area contributed by atoms with Crippen molar-refractivity contribution in [3.05, 3.63) is 0 Å². The van der Waals surface area contributed by atoms with E-state index in [1.54, 1.807) is 0 Å². The monoisotopic (exact) mass is 252 g/mol. The van der Waals surface area contributed by atoms with E-state index in [4.69, 9.17) is 5.73 Å². The lowest BCUT2D eigenvalue weighted by Crippen LogP contribution is -2.56. The second kappa shape index (κ2) is 4.78. The van der Waals surface area contributed by atoms with E-state index in [0.29, 0.717) is 12.6 Å². The molecule has 102 valence electrons. The molecule has 0 aromatic heterocycles. The van der Waals surface area contributed by atoms with Crippen LogP contribution in [0.3, 0.4) is 0 Å². The summed E-state index contributed by atoms with van der Waals surface area (Å²) in [7, 11) is 0. The van der Waals surface area contributed by atoms with Crippen LogP contribution in [0.25, 0.3) is 0 Å². The highest BCUT2D eigenvalue weighted by Gasteiger charge is 2.33. The Morgan fingerprint density at radius 2 is 2.22 bits per heavy atom. The lowest BCUT2D eigenvalue weighted by Gasteiger charge is -2.41. The number of rotatable bonds is 1. The van der Waals surface area contributed by atoms with E-state index in [-0.39, 0.29) is 17.2 Å². The highest BCUT2D eigenvalue weighted by molar-refractivity contribution is 5.83. The first kappa shape index (κ1) is 13.2. The van der Waals surface area contributed by atoms with Crippen molar-refractivity contribution in [3.8, 4) is 0 Å². The van der Waals surface area contributed by atoms with Gasteiger partial charge < -0.3 is 16.0 Å². The van der Waals surface area contributed by atoms with Gasteiger partial charge in [0.2, 0.25) is 5.91 Å². The molecule has 1 fully saturated rings. The lowest BCUT2D eigenvalue weighted by atomic mass is 9.91. The Labute approximate surface area is 109 Å². The molecule has 5 heteroatoms. The Morgan fingerprint density at radius 1 is 1.50 bits per heavy atom. The van der Waals surface area contributed by atoms with Crippen LogP contribution < -0.4 is 11.1 Å². The maximum absolute atomic E-state index is 11.3. The molecule has 2 aliphatic rings. The molecule has 0 saturated carbocycles. The fourth-order valence-electron chi connectivity index (χ4n) is 2.55. The summed E-state index contributed by atoms with van der Waals surface area (Å²) in [5, 5.41) is 3.39. The van der Waals surface area contributed by atoms with E-state index in [1.165, 1.54) is 0 Å². The molecule has 0 aromatic carbocycles. The molecule has 2 atom stereocenters. The molecule has 3 N–H and O–H groups in total. The Morgan fingerprint density at radius 3 is 2.78 bits per heavy atom. The number of likely N-dealkylation sites (tertiary alicyclic amines) is 1. The van der Waals surface area contributed by atoms with Crippen molar-refractivity contribution >= 4 is 11.9 Å². The summed E-state index contributed by atoms with van der Waals surface area (Å²) < 4.78 is 0.